The highest BCUT2D eigenvalue weighted by Crippen LogP contribution is 2.10. The maximum atomic E-state index is 5.62. The van der Waals surface area contributed by atoms with Gasteiger partial charge in [-0.2, -0.15) is 0 Å². The first kappa shape index (κ1) is 14.0. The largest absolute Gasteiger partial charge is 0.478 e. The number of nitrogens with one attached hydrogen (secondary N) is 1. The predicted molar refractivity (Wildman–Crippen MR) is 71.2 cm³/mol. The average molecular weight is 236 g/mol. The number of hydrogen-bond donors (Lipinski definition) is 1. The Bertz CT molecular complexity index is 313. The van der Waals surface area contributed by atoms with E-state index in [1.54, 1.807) is 0 Å². The van der Waals surface area contributed by atoms with Crippen LogP contribution in [-0.2, 0) is 6.54 Å². The van der Waals surface area contributed by atoms with Crippen LogP contribution in [0.15, 0.2) is 18.3 Å². The monoisotopic (exact) mass is 236 g/mol. The molecule has 0 aliphatic rings. The Hall–Kier alpha value is -1.09. The van der Waals surface area contributed by atoms with E-state index in [0.717, 1.165) is 25.5 Å². The second-order valence-electron chi connectivity index (χ2n) is 4.59. The van der Waals surface area contributed by atoms with Crippen molar-refractivity contribution >= 4 is 0 Å². The number of rotatable bonds is 8. The summed E-state index contributed by atoms with van der Waals surface area (Å²) >= 11 is 0. The van der Waals surface area contributed by atoms with Gasteiger partial charge in [0.1, 0.15) is 0 Å². The first-order valence-corrected chi connectivity index (χ1v) is 6.53. The Morgan fingerprint density at radius 3 is 2.88 bits per heavy atom. The number of ether oxygens (including phenoxy) is 1. The molecule has 0 amide bonds. The van der Waals surface area contributed by atoms with Crippen molar-refractivity contribution in [2.24, 2.45) is 0 Å². The van der Waals surface area contributed by atoms with Crippen molar-refractivity contribution in [3.63, 3.8) is 0 Å². The van der Waals surface area contributed by atoms with E-state index in [1.165, 1.54) is 18.4 Å². The standard InChI is InChI=1S/C14H24N2O/c1-4-5-6-9-17-14-10-13(7-8-15-14)11-16-12(2)3/h7-8,10,12,16H,4-6,9,11H2,1-3H3. The van der Waals surface area contributed by atoms with Crippen LogP contribution in [0.4, 0.5) is 0 Å². The van der Waals surface area contributed by atoms with Crippen molar-refractivity contribution in [2.45, 2.75) is 52.6 Å². The van der Waals surface area contributed by atoms with Gasteiger partial charge in [0.25, 0.3) is 0 Å². The van der Waals surface area contributed by atoms with Crippen LogP contribution < -0.4 is 10.1 Å². The summed E-state index contributed by atoms with van der Waals surface area (Å²) in [4.78, 5) is 4.21. The van der Waals surface area contributed by atoms with Gasteiger partial charge >= 0.3 is 0 Å². The summed E-state index contributed by atoms with van der Waals surface area (Å²) in [5.74, 6) is 0.740. The molecule has 96 valence electrons. The summed E-state index contributed by atoms with van der Waals surface area (Å²) in [7, 11) is 0. The van der Waals surface area contributed by atoms with E-state index in [-0.39, 0.29) is 0 Å². The molecule has 0 bridgehead atoms. The maximum absolute atomic E-state index is 5.62. The third kappa shape index (κ3) is 6.27. The Morgan fingerprint density at radius 2 is 2.18 bits per heavy atom. The number of unbranched alkanes of at least 4 members (excludes halogenated alkanes) is 2. The molecule has 0 aliphatic carbocycles. The van der Waals surface area contributed by atoms with Crippen LogP contribution in [0.2, 0.25) is 0 Å². The summed E-state index contributed by atoms with van der Waals surface area (Å²) in [5.41, 5.74) is 1.22. The van der Waals surface area contributed by atoms with Gasteiger partial charge in [0, 0.05) is 24.8 Å². The van der Waals surface area contributed by atoms with Crippen molar-refractivity contribution in [3.05, 3.63) is 23.9 Å². The van der Waals surface area contributed by atoms with Crippen molar-refractivity contribution in [2.75, 3.05) is 6.61 Å². The minimum Gasteiger partial charge on any atom is -0.478 e. The number of aromatic nitrogens is 1. The third-order valence-corrected chi connectivity index (χ3v) is 2.51. The molecule has 0 radical (unpaired) electrons. The second kappa shape index (κ2) is 8.07. The SMILES string of the molecule is CCCCCOc1cc(CNC(C)C)ccn1. The van der Waals surface area contributed by atoms with Gasteiger partial charge in [-0.25, -0.2) is 4.98 Å². The van der Waals surface area contributed by atoms with Crippen LogP contribution in [0.25, 0.3) is 0 Å². The van der Waals surface area contributed by atoms with Gasteiger partial charge < -0.3 is 10.1 Å². The van der Waals surface area contributed by atoms with Gasteiger partial charge in [-0.1, -0.05) is 33.6 Å². The molecule has 17 heavy (non-hydrogen) atoms. The van der Waals surface area contributed by atoms with Gasteiger partial charge in [-0.15, -0.1) is 0 Å². The first-order chi connectivity index (χ1) is 8.22. The summed E-state index contributed by atoms with van der Waals surface area (Å²) in [5, 5.41) is 3.38. The summed E-state index contributed by atoms with van der Waals surface area (Å²) in [6.45, 7) is 8.11. The molecule has 0 aromatic carbocycles. The molecule has 0 fully saturated rings. The molecule has 0 spiro atoms. The molecular weight excluding hydrogens is 212 g/mol. The van der Waals surface area contributed by atoms with Crippen molar-refractivity contribution in [1.82, 2.24) is 10.3 Å². The zero-order valence-electron chi connectivity index (χ0n) is 11.2. The fourth-order valence-electron chi connectivity index (χ4n) is 1.49. The zero-order chi connectivity index (χ0) is 12.5. The molecule has 1 aromatic rings. The molecule has 0 atom stereocenters. The Balaban J connectivity index is 2.37. The van der Waals surface area contributed by atoms with E-state index >= 15 is 0 Å². The van der Waals surface area contributed by atoms with Crippen molar-refractivity contribution in [3.8, 4) is 5.88 Å². The number of hydrogen-bond acceptors (Lipinski definition) is 3. The van der Waals surface area contributed by atoms with Crippen LogP contribution in [0.3, 0.4) is 0 Å². The second-order valence-corrected chi connectivity index (χ2v) is 4.59. The van der Waals surface area contributed by atoms with Gasteiger partial charge in [0.2, 0.25) is 5.88 Å². The molecule has 1 N–H and O–H groups in total. The minimum atomic E-state index is 0.497. The molecule has 0 aliphatic heterocycles. The van der Waals surface area contributed by atoms with Crippen LogP contribution in [0.5, 0.6) is 5.88 Å². The van der Waals surface area contributed by atoms with E-state index in [1.807, 2.05) is 18.3 Å². The molecule has 1 heterocycles. The van der Waals surface area contributed by atoms with E-state index in [9.17, 15) is 0 Å². The molecule has 0 saturated heterocycles. The van der Waals surface area contributed by atoms with Gasteiger partial charge in [-0.05, 0) is 18.1 Å². The highest BCUT2D eigenvalue weighted by atomic mass is 16.5. The molecule has 1 aromatic heterocycles. The van der Waals surface area contributed by atoms with Crippen LogP contribution in [-0.4, -0.2) is 17.6 Å². The molecule has 0 saturated carbocycles. The average Bonchev–Trinajstić information content (AvgIpc) is 2.33. The van der Waals surface area contributed by atoms with Crippen LogP contribution in [0.1, 0.15) is 45.6 Å². The van der Waals surface area contributed by atoms with Crippen molar-refractivity contribution in [1.29, 1.82) is 0 Å². The van der Waals surface area contributed by atoms with Gasteiger partial charge in [-0.3, -0.25) is 0 Å². The Kier molecular flexibility index (Phi) is 6.63. The Labute approximate surface area is 105 Å². The fraction of sp³-hybridized carbons (Fsp3) is 0.643. The number of pyridine rings is 1. The normalized spacial score (nSPS) is 10.8. The van der Waals surface area contributed by atoms with E-state index in [4.69, 9.17) is 4.74 Å². The van der Waals surface area contributed by atoms with E-state index in [2.05, 4.69) is 31.1 Å². The van der Waals surface area contributed by atoms with E-state index in [0.29, 0.717) is 6.04 Å². The van der Waals surface area contributed by atoms with E-state index < -0.39 is 0 Å². The lowest BCUT2D eigenvalue weighted by Gasteiger charge is -2.09. The predicted octanol–water partition coefficient (Wildman–Crippen LogP) is 3.15. The fourth-order valence-corrected chi connectivity index (χ4v) is 1.49. The summed E-state index contributed by atoms with van der Waals surface area (Å²) in [6.07, 6.45) is 5.35. The zero-order valence-corrected chi connectivity index (χ0v) is 11.2. The molecule has 0 unspecified atom stereocenters. The maximum Gasteiger partial charge on any atom is 0.213 e. The topological polar surface area (TPSA) is 34.1 Å². The molecule has 3 heteroatoms. The lowest BCUT2D eigenvalue weighted by Crippen LogP contribution is -2.21. The lowest BCUT2D eigenvalue weighted by atomic mass is 10.2. The van der Waals surface area contributed by atoms with Crippen molar-refractivity contribution < 1.29 is 4.74 Å². The highest BCUT2D eigenvalue weighted by molar-refractivity contribution is 5.20. The van der Waals surface area contributed by atoms with Gasteiger partial charge in [0.15, 0.2) is 0 Å². The molecule has 1 rings (SSSR count). The third-order valence-electron chi connectivity index (χ3n) is 2.51. The highest BCUT2D eigenvalue weighted by Gasteiger charge is 1.99. The summed E-state index contributed by atoms with van der Waals surface area (Å²) in [6, 6.07) is 4.53. The molecular formula is C14H24N2O. The lowest BCUT2D eigenvalue weighted by molar-refractivity contribution is 0.294. The summed E-state index contributed by atoms with van der Waals surface area (Å²) < 4.78 is 5.62. The quantitative estimate of drug-likeness (QED) is 0.704. The number of nitrogens with zero attached hydrogens (tertiary/aromatic N) is 1. The van der Waals surface area contributed by atoms with Gasteiger partial charge in [0.05, 0.1) is 6.61 Å². The minimum absolute atomic E-state index is 0.497. The first-order valence-electron chi connectivity index (χ1n) is 6.53. The Morgan fingerprint density at radius 1 is 1.35 bits per heavy atom. The van der Waals surface area contributed by atoms with Crippen LogP contribution in [0, 0.1) is 0 Å². The van der Waals surface area contributed by atoms with Crippen LogP contribution >= 0.6 is 0 Å². The smallest absolute Gasteiger partial charge is 0.213 e. The molecule has 3 nitrogen and oxygen atoms in total.